The molecule has 6 heteroatoms. The number of piperazine rings is 1. The monoisotopic (exact) mass is 302 g/mol. The van der Waals surface area contributed by atoms with Crippen molar-refractivity contribution < 1.29 is 8.42 Å². The molecule has 1 aliphatic rings. The molecule has 1 fully saturated rings. The van der Waals surface area contributed by atoms with Crippen molar-refractivity contribution >= 4 is 21.6 Å². The Balaban J connectivity index is 2.12. The maximum atomic E-state index is 12.4. The first-order valence-electron chi connectivity index (χ1n) is 6.31. The van der Waals surface area contributed by atoms with Crippen molar-refractivity contribution in [1.82, 2.24) is 9.21 Å². The molecule has 0 spiro atoms. The van der Waals surface area contributed by atoms with Gasteiger partial charge in [0.25, 0.3) is 0 Å². The Morgan fingerprint density at radius 2 is 1.89 bits per heavy atom. The number of halogens is 1. The van der Waals surface area contributed by atoms with Gasteiger partial charge in [-0.15, -0.1) is 0 Å². The number of rotatable bonds is 3. The van der Waals surface area contributed by atoms with E-state index in [1.807, 2.05) is 14.0 Å². The van der Waals surface area contributed by atoms with Gasteiger partial charge in [0.1, 0.15) is 0 Å². The lowest BCUT2D eigenvalue weighted by Crippen LogP contribution is -2.52. The molecule has 0 N–H and O–H groups in total. The molecule has 19 heavy (non-hydrogen) atoms. The quantitative estimate of drug-likeness (QED) is 0.855. The number of sulfonamides is 1. The second kappa shape index (κ2) is 5.79. The van der Waals surface area contributed by atoms with Crippen LogP contribution in [-0.4, -0.2) is 50.3 Å². The van der Waals surface area contributed by atoms with Crippen molar-refractivity contribution in [2.24, 2.45) is 0 Å². The molecule has 2 rings (SSSR count). The number of nitrogens with zero attached hydrogens (tertiary/aromatic N) is 2. The summed E-state index contributed by atoms with van der Waals surface area (Å²) in [6.45, 7) is 4.08. The molecule has 1 atom stereocenters. The van der Waals surface area contributed by atoms with E-state index < -0.39 is 10.0 Å². The molecule has 0 aromatic heterocycles. The van der Waals surface area contributed by atoms with Gasteiger partial charge in [-0.05, 0) is 31.7 Å². The summed E-state index contributed by atoms with van der Waals surface area (Å²) < 4.78 is 26.5. The van der Waals surface area contributed by atoms with Gasteiger partial charge >= 0.3 is 0 Å². The molecule has 0 saturated carbocycles. The second-order valence-electron chi connectivity index (χ2n) is 5.10. The zero-order valence-corrected chi connectivity index (χ0v) is 12.8. The largest absolute Gasteiger partial charge is 0.303 e. The highest BCUT2D eigenvalue weighted by atomic mass is 35.5. The Morgan fingerprint density at radius 3 is 2.47 bits per heavy atom. The minimum absolute atomic E-state index is 0.0241. The van der Waals surface area contributed by atoms with Gasteiger partial charge < -0.3 is 4.90 Å². The van der Waals surface area contributed by atoms with Crippen molar-refractivity contribution in [2.45, 2.75) is 18.7 Å². The van der Waals surface area contributed by atoms with Crippen LogP contribution in [0.4, 0.5) is 0 Å². The Morgan fingerprint density at radius 1 is 1.26 bits per heavy atom. The maximum absolute atomic E-state index is 12.4. The highest BCUT2D eigenvalue weighted by molar-refractivity contribution is 7.88. The van der Waals surface area contributed by atoms with E-state index in [0.29, 0.717) is 11.6 Å². The van der Waals surface area contributed by atoms with Crippen LogP contribution in [0.3, 0.4) is 0 Å². The van der Waals surface area contributed by atoms with Crippen LogP contribution in [0.1, 0.15) is 12.5 Å². The van der Waals surface area contributed by atoms with Gasteiger partial charge in [0.15, 0.2) is 0 Å². The van der Waals surface area contributed by atoms with E-state index in [0.717, 1.165) is 18.7 Å². The van der Waals surface area contributed by atoms with Crippen LogP contribution >= 0.6 is 11.6 Å². The lowest BCUT2D eigenvalue weighted by Gasteiger charge is -2.37. The Hall–Kier alpha value is -0.620. The molecular formula is C13H19ClN2O2S. The van der Waals surface area contributed by atoms with E-state index in [2.05, 4.69) is 4.90 Å². The van der Waals surface area contributed by atoms with Crippen molar-refractivity contribution in [2.75, 3.05) is 26.7 Å². The molecule has 1 aromatic carbocycles. The van der Waals surface area contributed by atoms with Crippen molar-refractivity contribution in [3.05, 3.63) is 34.9 Å². The summed E-state index contributed by atoms with van der Waals surface area (Å²) in [6.07, 6.45) is 0. The van der Waals surface area contributed by atoms with Crippen molar-refractivity contribution in [1.29, 1.82) is 0 Å². The van der Waals surface area contributed by atoms with E-state index in [1.165, 1.54) is 0 Å². The van der Waals surface area contributed by atoms with Crippen LogP contribution < -0.4 is 0 Å². The van der Waals surface area contributed by atoms with Gasteiger partial charge in [-0.3, -0.25) is 0 Å². The predicted molar refractivity (Wildman–Crippen MR) is 77.7 cm³/mol. The number of likely N-dealkylation sites (N-methyl/N-ethyl adjacent to an activating group) is 1. The van der Waals surface area contributed by atoms with Gasteiger partial charge in [0.05, 0.1) is 5.75 Å². The second-order valence-corrected chi connectivity index (χ2v) is 7.46. The molecule has 0 aliphatic carbocycles. The molecule has 106 valence electrons. The third-order valence-electron chi connectivity index (χ3n) is 3.39. The lowest BCUT2D eigenvalue weighted by atomic mass is 10.2. The summed E-state index contributed by atoms with van der Waals surface area (Å²) >= 11 is 5.81. The van der Waals surface area contributed by atoms with Crippen LogP contribution in [0, 0.1) is 0 Å². The molecule has 0 bridgehead atoms. The first kappa shape index (κ1) is 14.8. The van der Waals surface area contributed by atoms with Crippen molar-refractivity contribution in [3.63, 3.8) is 0 Å². The van der Waals surface area contributed by atoms with E-state index >= 15 is 0 Å². The summed E-state index contributed by atoms with van der Waals surface area (Å²) in [6, 6.07) is 7.00. The minimum Gasteiger partial charge on any atom is -0.303 e. The predicted octanol–water partition coefficient (Wildman–Crippen LogP) is 1.81. The SMILES string of the molecule is CC1CN(C)CCN1S(=O)(=O)Cc1ccc(Cl)cc1. The Bertz CT molecular complexity index is 530. The van der Waals surface area contributed by atoms with Gasteiger partial charge in [-0.25, -0.2) is 8.42 Å². The fourth-order valence-electron chi connectivity index (χ4n) is 2.41. The average Bonchev–Trinajstić information content (AvgIpc) is 2.31. The van der Waals surface area contributed by atoms with Gasteiger partial charge in [0, 0.05) is 30.7 Å². The molecule has 0 amide bonds. The van der Waals surface area contributed by atoms with Crippen LogP contribution in [-0.2, 0) is 15.8 Å². The van der Waals surface area contributed by atoms with E-state index in [4.69, 9.17) is 11.6 Å². The molecule has 1 unspecified atom stereocenters. The summed E-state index contributed by atoms with van der Waals surface area (Å²) in [5.41, 5.74) is 0.774. The summed E-state index contributed by atoms with van der Waals surface area (Å²) in [5.74, 6) is 0.0399. The first-order valence-corrected chi connectivity index (χ1v) is 8.30. The third-order valence-corrected chi connectivity index (χ3v) is 5.60. The fourth-order valence-corrected chi connectivity index (χ4v) is 4.29. The highest BCUT2D eigenvalue weighted by Crippen LogP contribution is 2.18. The topological polar surface area (TPSA) is 40.6 Å². The number of hydrogen-bond acceptors (Lipinski definition) is 3. The molecule has 0 radical (unpaired) electrons. The maximum Gasteiger partial charge on any atom is 0.218 e. The first-order chi connectivity index (χ1) is 8.88. The van der Waals surface area contributed by atoms with Crippen molar-refractivity contribution in [3.8, 4) is 0 Å². The zero-order chi connectivity index (χ0) is 14.0. The molecule has 1 aliphatic heterocycles. The standard InChI is InChI=1S/C13H19ClN2O2S/c1-11-9-15(2)7-8-16(11)19(17,18)10-12-3-5-13(14)6-4-12/h3-6,11H,7-10H2,1-2H3. The van der Waals surface area contributed by atoms with Crippen LogP contribution in [0.2, 0.25) is 5.02 Å². The molecule has 4 nitrogen and oxygen atoms in total. The zero-order valence-electron chi connectivity index (χ0n) is 11.2. The minimum atomic E-state index is -3.26. The summed E-state index contributed by atoms with van der Waals surface area (Å²) in [4.78, 5) is 2.15. The smallest absolute Gasteiger partial charge is 0.218 e. The number of benzene rings is 1. The van der Waals surface area contributed by atoms with Crippen LogP contribution in [0.5, 0.6) is 0 Å². The lowest BCUT2D eigenvalue weighted by molar-refractivity contribution is 0.170. The van der Waals surface area contributed by atoms with E-state index in [9.17, 15) is 8.42 Å². The molecule has 1 saturated heterocycles. The molecule has 1 aromatic rings. The van der Waals surface area contributed by atoms with Gasteiger partial charge in [-0.1, -0.05) is 23.7 Å². The van der Waals surface area contributed by atoms with E-state index in [1.54, 1.807) is 28.6 Å². The summed E-state index contributed by atoms with van der Waals surface area (Å²) in [5, 5.41) is 0.620. The average molecular weight is 303 g/mol. The van der Waals surface area contributed by atoms with Crippen LogP contribution in [0.25, 0.3) is 0 Å². The van der Waals surface area contributed by atoms with E-state index in [-0.39, 0.29) is 11.8 Å². The van der Waals surface area contributed by atoms with Gasteiger partial charge in [-0.2, -0.15) is 4.31 Å². The fraction of sp³-hybridized carbons (Fsp3) is 0.538. The van der Waals surface area contributed by atoms with Gasteiger partial charge in [0.2, 0.25) is 10.0 Å². The summed E-state index contributed by atoms with van der Waals surface area (Å²) in [7, 11) is -1.24. The number of hydrogen-bond donors (Lipinski definition) is 0. The third kappa shape index (κ3) is 3.69. The molecule has 1 heterocycles. The van der Waals surface area contributed by atoms with Crippen LogP contribution in [0.15, 0.2) is 24.3 Å². The molecular weight excluding hydrogens is 284 g/mol. The normalized spacial score (nSPS) is 22.6. The highest BCUT2D eigenvalue weighted by Gasteiger charge is 2.31. The Kier molecular flexibility index (Phi) is 4.50. The Labute approximate surface area is 120 Å².